The second-order valence-corrected chi connectivity index (χ2v) is 5.45. The topological polar surface area (TPSA) is 26.0 Å². The second kappa shape index (κ2) is 5.56. The standard InChI is InChI=1S/C13H11BrFNS/c14-10-3-1-2-4-13(10)17-8-9-5-6-12(16)11(15)7-9/h1-7H,8,16H2. The molecule has 0 spiro atoms. The number of rotatable bonds is 3. The summed E-state index contributed by atoms with van der Waals surface area (Å²) < 4.78 is 14.3. The van der Waals surface area contributed by atoms with Crippen molar-refractivity contribution in [1.29, 1.82) is 0 Å². The van der Waals surface area contributed by atoms with E-state index in [9.17, 15) is 4.39 Å². The van der Waals surface area contributed by atoms with E-state index in [1.807, 2.05) is 30.3 Å². The molecule has 0 radical (unpaired) electrons. The van der Waals surface area contributed by atoms with Crippen molar-refractivity contribution in [1.82, 2.24) is 0 Å². The van der Waals surface area contributed by atoms with Gasteiger partial charge in [0.05, 0.1) is 5.69 Å². The summed E-state index contributed by atoms with van der Waals surface area (Å²) in [5.74, 6) is 0.370. The molecule has 2 aromatic rings. The maximum atomic E-state index is 13.2. The summed E-state index contributed by atoms with van der Waals surface area (Å²) in [4.78, 5) is 1.14. The highest BCUT2D eigenvalue weighted by molar-refractivity contribution is 9.10. The molecule has 0 aliphatic heterocycles. The summed E-state index contributed by atoms with van der Waals surface area (Å²) >= 11 is 5.14. The Morgan fingerprint density at radius 1 is 1.18 bits per heavy atom. The van der Waals surface area contributed by atoms with Crippen molar-refractivity contribution in [3.8, 4) is 0 Å². The summed E-state index contributed by atoms with van der Waals surface area (Å²) in [6.07, 6.45) is 0. The van der Waals surface area contributed by atoms with Crippen LogP contribution in [-0.2, 0) is 5.75 Å². The molecule has 0 saturated carbocycles. The van der Waals surface area contributed by atoms with Crippen LogP contribution in [0.3, 0.4) is 0 Å². The number of halogens is 2. The van der Waals surface area contributed by atoms with E-state index in [-0.39, 0.29) is 11.5 Å². The Kier molecular flexibility index (Phi) is 4.07. The normalized spacial score (nSPS) is 10.5. The SMILES string of the molecule is Nc1ccc(CSc2ccccc2Br)cc1F. The minimum absolute atomic E-state index is 0.194. The Bertz CT molecular complexity index is 531. The predicted molar refractivity (Wildman–Crippen MR) is 74.5 cm³/mol. The molecule has 2 rings (SSSR count). The van der Waals surface area contributed by atoms with E-state index in [0.29, 0.717) is 0 Å². The number of hydrogen-bond donors (Lipinski definition) is 1. The molecule has 1 nitrogen and oxygen atoms in total. The molecule has 2 N–H and O–H groups in total. The first kappa shape index (κ1) is 12.5. The van der Waals surface area contributed by atoms with Crippen molar-refractivity contribution in [2.45, 2.75) is 10.6 Å². The van der Waals surface area contributed by atoms with Gasteiger partial charge in [-0.1, -0.05) is 18.2 Å². The van der Waals surface area contributed by atoms with Crippen molar-refractivity contribution < 1.29 is 4.39 Å². The molecule has 88 valence electrons. The van der Waals surface area contributed by atoms with E-state index in [1.54, 1.807) is 17.8 Å². The van der Waals surface area contributed by atoms with E-state index in [4.69, 9.17) is 5.73 Å². The predicted octanol–water partition coefficient (Wildman–Crippen LogP) is 4.46. The summed E-state index contributed by atoms with van der Waals surface area (Å²) in [6.45, 7) is 0. The molecule has 0 bridgehead atoms. The van der Waals surface area contributed by atoms with Gasteiger partial charge in [-0.05, 0) is 45.8 Å². The lowest BCUT2D eigenvalue weighted by atomic mass is 10.2. The first-order valence-electron chi connectivity index (χ1n) is 5.08. The molecule has 0 amide bonds. The maximum absolute atomic E-state index is 13.2. The molecule has 0 saturated heterocycles. The van der Waals surface area contributed by atoms with Gasteiger partial charge in [0, 0.05) is 15.1 Å². The molecule has 4 heteroatoms. The van der Waals surface area contributed by atoms with Gasteiger partial charge >= 0.3 is 0 Å². The number of nitrogens with two attached hydrogens (primary N) is 1. The van der Waals surface area contributed by atoms with Gasteiger partial charge in [0.25, 0.3) is 0 Å². The van der Waals surface area contributed by atoms with Gasteiger partial charge in [-0.2, -0.15) is 0 Å². The molecule has 0 fully saturated rings. The van der Waals surface area contributed by atoms with Crippen LogP contribution in [0, 0.1) is 5.82 Å². The van der Waals surface area contributed by atoms with Gasteiger partial charge in [0.15, 0.2) is 0 Å². The molecule has 0 atom stereocenters. The number of hydrogen-bond acceptors (Lipinski definition) is 2. The van der Waals surface area contributed by atoms with Gasteiger partial charge in [-0.3, -0.25) is 0 Å². The van der Waals surface area contributed by atoms with Crippen LogP contribution >= 0.6 is 27.7 Å². The van der Waals surface area contributed by atoms with Crippen LogP contribution in [0.25, 0.3) is 0 Å². The van der Waals surface area contributed by atoms with Gasteiger partial charge in [-0.25, -0.2) is 4.39 Å². The van der Waals surface area contributed by atoms with Crippen LogP contribution in [0.15, 0.2) is 51.8 Å². The molecule has 0 unspecified atom stereocenters. The smallest absolute Gasteiger partial charge is 0.146 e. The van der Waals surface area contributed by atoms with Gasteiger partial charge in [0.1, 0.15) is 5.82 Å². The van der Waals surface area contributed by atoms with Gasteiger partial charge < -0.3 is 5.73 Å². The Morgan fingerprint density at radius 3 is 2.65 bits per heavy atom. The summed E-state index contributed by atoms with van der Waals surface area (Å²) in [6, 6.07) is 12.9. The number of anilines is 1. The van der Waals surface area contributed by atoms with Crippen molar-refractivity contribution in [3.05, 3.63) is 58.3 Å². The van der Waals surface area contributed by atoms with Crippen LogP contribution in [0.4, 0.5) is 10.1 Å². The van der Waals surface area contributed by atoms with Crippen LogP contribution in [0.5, 0.6) is 0 Å². The largest absolute Gasteiger partial charge is 0.396 e. The third-order valence-corrected chi connectivity index (χ3v) is 4.39. The third kappa shape index (κ3) is 3.23. The van der Waals surface area contributed by atoms with Crippen molar-refractivity contribution in [2.24, 2.45) is 0 Å². The molecule has 0 aliphatic carbocycles. The molecule has 2 aromatic carbocycles. The Hall–Kier alpha value is -1.00. The maximum Gasteiger partial charge on any atom is 0.146 e. The molecule has 0 heterocycles. The van der Waals surface area contributed by atoms with E-state index < -0.39 is 0 Å². The van der Waals surface area contributed by atoms with E-state index in [2.05, 4.69) is 15.9 Å². The van der Waals surface area contributed by atoms with E-state index in [0.717, 1.165) is 20.7 Å². The Balaban J connectivity index is 2.08. The first-order valence-corrected chi connectivity index (χ1v) is 6.86. The Labute approximate surface area is 112 Å². The lowest BCUT2D eigenvalue weighted by Crippen LogP contribution is -1.91. The average Bonchev–Trinajstić information content (AvgIpc) is 2.32. The fourth-order valence-electron chi connectivity index (χ4n) is 1.38. The fraction of sp³-hybridized carbons (Fsp3) is 0.0769. The fourth-order valence-corrected chi connectivity index (χ4v) is 2.89. The summed E-state index contributed by atoms with van der Waals surface area (Å²) in [5, 5.41) is 0. The second-order valence-electron chi connectivity index (χ2n) is 3.57. The number of benzene rings is 2. The van der Waals surface area contributed by atoms with Crippen LogP contribution in [-0.4, -0.2) is 0 Å². The summed E-state index contributed by atoms with van der Waals surface area (Å²) in [7, 11) is 0. The van der Waals surface area contributed by atoms with Crippen molar-refractivity contribution in [2.75, 3.05) is 5.73 Å². The highest BCUT2D eigenvalue weighted by Crippen LogP contribution is 2.30. The monoisotopic (exact) mass is 311 g/mol. The van der Waals surface area contributed by atoms with Crippen molar-refractivity contribution >= 4 is 33.4 Å². The third-order valence-electron chi connectivity index (χ3n) is 2.30. The molecular weight excluding hydrogens is 301 g/mol. The Morgan fingerprint density at radius 2 is 1.94 bits per heavy atom. The minimum Gasteiger partial charge on any atom is -0.396 e. The highest BCUT2D eigenvalue weighted by Gasteiger charge is 2.03. The lowest BCUT2D eigenvalue weighted by molar-refractivity contribution is 0.631. The number of thioether (sulfide) groups is 1. The molecule has 0 aliphatic rings. The lowest BCUT2D eigenvalue weighted by Gasteiger charge is -2.05. The highest BCUT2D eigenvalue weighted by atomic mass is 79.9. The van der Waals surface area contributed by atoms with Crippen LogP contribution in [0.2, 0.25) is 0 Å². The van der Waals surface area contributed by atoms with E-state index >= 15 is 0 Å². The first-order chi connectivity index (χ1) is 8.16. The van der Waals surface area contributed by atoms with Crippen LogP contribution in [0.1, 0.15) is 5.56 Å². The molecule has 0 aromatic heterocycles. The van der Waals surface area contributed by atoms with Gasteiger partial charge in [-0.15, -0.1) is 11.8 Å². The van der Waals surface area contributed by atoms with Crippen molar-refractivity contribution in [3.63, 3.8) is 0 Å². The molecule has 17 heavy (non-hydrogen) atoms. The zero-order chi connectivity index (χ0) is 12.3. The molecular formula is C13H11BrFNS. The summed E-state index contributed by atoms with van der Waals surface area (Å²) in [5.41, 5.74) is 6.55. The van der Waals surface area contributed by atoms with Crippen LogP contribution < -0.4 is 5.73 Å². The van der Waals surface area contributed by atoms with E-state index in [1.165, 1.54) is 6.07 Å². The van der Waals surface area contributed by atoms with Gasteiger partial charge in [0.2, 0.25) is 0 Å². The minimum atomic E-state index is -0.352. The quantitative estimate of drug-likeness (QED) is 0.669. The zero-order valence-electron chi connectivity index (χ0n) is 8.99. The average molecular weight is 312 g/mol. The zero-order valence-corrected chi connectivity index (χ0v) is 11.4. The number of nitrogen functional groups attached to an aromatic ring is 1.